The average Bonchev–Trinajstić information content (AvgIpc) is 2.35. The summed E-state index contributed by atoms with van der Waals surface area (Å²) in [6.45, 7) is 2.54. The van der Waals surface area contributed by atoms with Gasteiger partial charge < -0.3 is 4.90 Å². The van der Waals surface area contributed by atoms with E-state index in [0.29, 0.717) is 0 Å². The largest absolute Gasteiger partial charge is 0.300 e. The molecule has 0 aromatic heterocycles. The minimum atomic E-state index is 0.889. The molecule has 2 rings (SSSR count). The van der Waals surface area contributed by atoms with E-state index in [4.69, 9.17) is 0 Å². The number of halogens is 1. The van der Waals surface area contributed by atoms with Crippen molar-refractivity contribution in [2.24, 2.45) is 0 Å². The Morgan fingerprint density at radius 1 is 1.06 bits per heavy atom. The van der Waals surface area contributed by atoms with Crippen molar-refractivity contribution in [1.29, 1.82) is 0 Å². The van der Waals surface area contributed by atoms with Crippen LogP contribution in [0.1, 0.15) is 37.7 Å². The summed E-state index contributed by atoms with van der Waals surface area (Å²) in [7, 11) is 0. The summed E-state index contributed by atoms with van der Waals surface area (Å²) in [5.41, 5.74) is 1.48. The summed E-state index contributed by atoms with van der Waals surface area (Å²) in [5, 5.41) is 1.13. The lowest BCUT2D eigenvalue weighted by molar-refractivity contribution is 0.126. The fraction of sp³-hybridized carbons (Fsp3) is 0.625. The normalized spacial score (nSPS) is 15.9. The zero-order valence-corrected chi connectivity index (χ0v) is 12.7. The Balaban J connectivity index is 1.71. The van der Waals surface area contributed by atoms with Crippen LogP contribution in [0.25, 0.3) is 0 Å². The molecule has 2 heteroatoms. The molecule has 0 N–H and O–H groups in total. The molecule has 1 aliphatic carbocycles. The molecule has 0 saturated heterocycles. The van der Waals surface area contributed by atoms with Gasteiger partial charge in [0.2, 0.25) is 0 Å². The number of aryl methyl sites for hydroxylation is 1. The Kier molecular flexibility index (Phi) is 6.22. The van der Waals surface area contributed by atoms with Gasteiger partial charge in [-0.25, -0.2) is 0 Å². The minimum Gasteiger partial charge on any atom is -0.300 e. The first-order valence-electron chi connectivity index (χ1n) is 7.24. The van der Waals surface area contributed by atoms with Crippen molar-refractivity contribution < 1.29 is 0 Å². The number of nitrogens with zero attached hydrogens (tertiary/aromatic N) is 1. The molecule has 1 aliphatic rings. The topological polar surface area (TPSA) is 3.24 Å². The fourth-order valence-electron chi connectivity index (χ4n) is 2.62. The van der Waals surface area contributed by atoms with Gasteiger partial charge in [-0.1, -0.05) is 52.7 Å². The molecule has 0 atom stereocenters. The lowest BCUT2D eigenvalue weighted by Gasteiger charge is -2.37. The van der Waals surface area contributed by atoms with Crippen molar-refractivity contribution in [2.45, 2.75) is 44.6 Å². The predicted octanol–water partition coefficient (Wildman–Crippen LogP) is 4.26. The average molecular weight is 310 g/mol. The van der Waals surface area contributed by atoms with Gasteiger partial charge in [0.05, 0.1) is 0 Å². The van der Waals surface area contributed by atoms with E-state index in [1.54, 1.807) is 0 Å². The van der Waals surface area contributed by atoms with Gasteiger partial charge in [-0.15, -0.1) is 0 Å². The Labute approximate surface area is 120 Å². The van der Waals surface area contributed by atoms with Gasteiger partial charge in [0.1, 0.15) is 0 Å². The second kappa shape index (κ2) is 7.96. The van der Waals surface area contributed by atoms with Crippen LogP contribution in [0.2, 0.25) is 0 Å². The highest BCUT2D eigenvalue weighted by molar-refractivity contribution is 9.09. The lowest BCUT2D eigenvalue weighted by Crippen LogP contribution is -2.41. The van der Waals surface area contributed by atoms with Gasteiger partial charge in [0.15, 0.2) is 0 Å². The first-order valence-corrected chi connectivity index (χ1v) is 8.36. The molecule has 0 amide bonds. The van der Waals surface area contributed by atoms with Crippen molar-refractivity contribution in [2.75, 3.05) is 18.4 Å². The van der Waals surface area contributed by atoms with E-state index in [2.05, 4.69) is 51.2 Å². The van der Waals surface area contributed by atoms with Crippen molar-refractivity contribution in [3.8, 4) is 0 Å². The SMILES string of the molecule is BrCCCN(CCCc1ccccc1)C1CCC1. The maximum absolute atomic E-state index is 3.55. The third kappa shape index (κ3) is 4.40. The van der Waals surface area contributed by atoms with Crippen LogP contribution in [-0.2, 0) is 6.42 Å². The highest BCUT2D eigenvalue weighted by Gasteiger charge is 2.23. The third-order valence-electron chi connectivity index (χ3n) is 3.92. The first-order chi connectivity index (χ1) is 8.90. The van der Waals surface area contributed by atoms with E-state index < -0.39 is 0 Å². The number of alkyl halides is 1. The van der Waals surface area contributed by atoms with Gasteiger partial charge in [-0.05, 0) is 50.8 Å². The maximum Gasteiger partial charge on any atom is 0.00952 e. The molecule has 0 aliphatic heterocycles. The van der Waals surface area contributed by atoms with Crippen molar-refractivity contribution in [1.82, 2.24) is 4.90 Å². The van der Waals surface area contributed by atoms with Crippen molar-refractivity contribution in [3.63, 3.8) is 0 Å². The zero-order valence-electron chi connectivity index (χ0n) is 11.2. The van der Waals surface area contributed by atoms with E-state index >= 15 is 0 Å². The lowest BCUT2D eigenvalue weighted by atomic mass is 9.91. The standard InChI is InChI=1S/C16H24BrN/c17-12-6-14-18(16-10-4-11-16)13-5-9-15-7-2-1-3-8-15/h1-3,7-8,16H,4-6,9-14H2. The minimum absolute atomic E-state index is 0.889. The second-order valence-electron chi connectivity index (χ2n) is 5.25. The molecule has 18 heavy (non-hydrogen) atoms. The number of hydrogen-bond acceptors (Lipinski definition) is 1. The Morgan fingerprint density at radius 2 is 1.78 bits per heavy atom. The van der Waals surface area contributed by atoms with Gasteiger partial charge >= 0.3 is 0 Å². The van der Waals surface area contributed by atoms with E-state index in [1.165, 1.54) is 57.2 Å². The first kappa shape index (κ1) is 14.1. The fourth-order valence-corrected chi connectivity index (χ4v) is 2.87. The summed E-state index contributed by atoms with van der Waals surface area (Å²) >= 11 is 3.55. The van der Waals surface area contributed by atoms with E-state index in [-0.39, 0.29) is 0 Å². The van der Waals surface area contributed by atoms with Crippen LogP contribution in [0.5, 0.6) is 0 Å². The molecule has 0 radical (unpaired) electrons. The number of benzene rings is 1. The van der Waals surface area contributed by atoms with Crippen LogP contribution in [-0.4, -0.2) is 29.4 Å². The summed E-state index contributed by atoms with van der Waals surface area (Å²) in [6, 6.07) is 11.8. The van der Waals surface area contributed by atoms with Crippen molar-refractivity contribution in [3.05, 3.63) is 35.9 Å². The molecule has 1 fully saturated rings. The zero-order chi connectivity index (χ0) is 12.6. The van der Waals surface area contributed by atoms with Crippen LogP contribution in [0.15, 0.2) is 30.3 Å². The Morgan fingerprint density at radius 3 is 2.39 bits per heavy atom. The van der Waals surface area contributed by atoms with Gasteiger partial charge in [0, 0.05) is 11.4 Å². The molecular formula is C16H24BrN. The molecule has 100 valence electrons. The summed E-state index contributed by atoms with van der Waals surface area (Å²) < 4.78 is 0. The summed E-state index contributed by atoms with van der Waals surface area (Å²) in [6.07, 6.45) is 8.08. The molecule has 1 saturated carbocycles. The molecule has 0 unspecified atom stereocenters. The van der Waals surface area contributed by atoms with E-state index in [1.807, 2.05) is 0 Å². The van der Waals surface area contributed by atoms with Gasteiger partial charge in [0.25, 0.3) is 0 Å². The molecule has 0 heterocycles. The number of rotatable bonds is 8. The van der Waals surface area contributed by atoms with Crippen molar-refractivity contribution >= 4 is 15.9 Å². The third-order valence-corrected chi connectivity index (χ3v) is 4.48. The van der Waals surface area contributed by atoms with E-state index in [9.17, 15) is 0 Å². The number of hydrogen-bond donors (Lipinski definition) is 0. The summed E-state index contributed by atoms with van der Waals surface area (Å²) in [5.74, 6) is 0. The Hall–Kier alpha value is -0.340. The molecule has 1 nitrogen and oxygen atoms in total. The quantitative estimate of drug-likeness (QED) is 0.649. The van der Waals surface area contributed by atoms with E-state index in [0.717, 1.165) is 11.4 Å². The van der Waals surface area contributed by atoms with Crippen LogP contribution in [0.4, 0.5) is 0 Å². The summed E-state index contributed by atoms with van der Waals surface area (Å²) in [4.78, 5) is 2.72. The molecule has 0 bridgehead atoms. The van der Waals surface area contributed by atoms with Crippen LogP contribution >= 0.6 is 15.9 Å². The van der Waals surface area contributed by atoms with Gasteiger partial charge in [-0.3, -0.25) is 0 Å². The molecule has 1 aromatic rings. The highest BCUT2D eigenvalue weighted by atomic mass is 79.9. The van der Waals surface area contributed by atoms with Crippen LogP contribution in [0, 0.1) is 0 Å². The second-order valence-corrected chi connectivity index (χ2v) is 6.05. The molecular weight excluding hydrogens is 286 g/mol. The predicted molar refractivity (Wildman–Crippen MR) is 82.4 cm³/mol. The monoisotopic (exact) mass is 309 g/mol. The van der Waals surface area contributed by atoms with Gasteiger partial charge in [-0.2, -0.15) is 0 Å². The van der Waals surface area contributed by atoms with Crippen LogP contribution < -0.4 is 0 Å². The maximum atomic E-state index is 3.55. The molecule has 0 spiro atoms. The highest BCUT2D eigenvalue weighted by Crippen LogP contribution is 2.25. The molecule has 1 aromatic carbocycles. The van der Waals surface area contributed by atoms with Crippen LogP contribution in [0.3, 0.4) is 0 Å². The smallest absolute Gasteiger partial charge is 0.00952 e. The Bertz CT molecular complexity index is 321.